The highest BCUT2D eigenvalue weighted by atomic mass is 35.5. The molecule has 1 aromatic heterocycles. The average molecular weight is 376 g/mol. The van der Waals surface area contributed by atoms with Crippen molar-refractivity contribution < 1.29 is 18.7 Å². The van der Waals surface area contributed by atoms with Gasteiger partial charge in [-0.1, -0.05) is 50.2 Å². The topological polar surface area (TPSA) is 68.0 Å². The molecule has 0 fully saturated rings. The molecule has 0 spiro atoms. The Hall–Kier alpha value is -1.67. The number of carboxylic acids is 1. The van der Waals surface area contributed by atoms with Gasteiger partial charge in [0.15, 0.2) is 5.16 Å². The molecular weight excluding hydrogens is 360 g/mol. The van der Waals surface area contributed by atoms with Crippen LogP contribution in [0.25, 0.3) is 5.69 Å². The monoisotopic (exact) mass is 375 g/mol. The summed E-state index contributed by atoms with van der Waals surface area (Å²) < 4.78 is 27.6. The van der Waals surface area contributed by atoms with Gasteiger partial charge in [-0.2, -0.15) is 0 Å². The molecule has 1 heterocycles. The Kier molecular flexibility index (Phi) is 5.49. The van der Waals surface area contributed by atoms with Crippen LogP contribution < -0.4 is 0 Å². The molecule has 24 heavy (non-hydrogen) atoms. The third kappa shape index (κ3) is 4.05. The van der Waals surface area contributed by atoms with Crippen molar-refractivity contribution in [2.24, 2.45) is 0 Å². The lowest BCUT2D eigenvalue weighted by atomic mass is 9.87. The van der Waals surface area contributed by atoms with Gasteiger partial charge in [0.1, 0.15) is 0 Å². The van der Waals surface area contributed by atoms with Crippen molar-refractivity contribution >= 4 is 29.3 Å². The van der Waals surface area contributed by atoms with Crippen LogP contribution in [-0.2, 0) is 10.2 Å². The van der Waals surface area contributed by atoms with Gasteiger partial charge >= 0.3 is 5.97 Å². The number of halogens is 3. The third-order valence-corrected chi connectivity index (χ3v) is 4.45. The molecule has 0 amide bonds. The Balaban J connectivity index is 2.54. The van der Waals surface area contributed by atoms with Gasteiger partial charge in [0.25, 0.3) is 6.43 Å². The smallest absolute Gasteiger partial charge is 0.313 e. The maximum absolute atomic E-state index is 13.2. The molecule has 0 unspecified atom stereocenters. The summed E-state index contributed by atoms with van der Waals surface area (Å²) in [5.74, 6) is -1.98. The maximum atomic E-state index is 13.2. The Morgan fingerprint density at radius 3 is 2.54 bits per heavy atom. The first-order chi connectivity index (χ1) is 11.1. The highest BCUT2D eigenvalue weighted by molar-refractivity contribution is 7.99. The second kappa shape index (κ2) is 7.06. The Morgan fingerprint density at radius 1 is 1.38 bits per heavy atom. The summed E-state index contributed by atoms with van der Waals surface area (Å²) in [5.41, 5.74) is 1.09. The largest absolute Gasteiger partial charge is 0.481 e. The van der Waals surface area contributed by atoms with Crippen LogP contribution in [0.5, 0.6) is 0 Å². The fraction of sp³-hybridized carbons (Fsp3) is 0.400. The summed E-state index contributed by atoms with van der Waals surface area (Å²) in [6, 6.07) is 5.11. The van der Waals surface area contributed by atoms with Crippen LogP contribution in [0.1, 0.15) is 38.6 Å². The zero-order chi connectivity index (χ0) is 18.1. The van der Waals surface area contributed by atoms with Gasteiger partial charge in [0.2, 0.25) is 5.82 Å². The van der Waals surface area contributed by atoms with Crippen LogP contribution in [0.4, 0.5) is 8.78 Å². The predicted molar refractivity (Wildman–Crippen MR) is 88.4 cm³/mol. The SMILES string of the molecule is CC(C)(C)c1ccc(-n2c(SCC(=O)O)nnc2C(F)F)c(Cl)c1. The maximum Gasteiger partial charge on any atom is 0.313 e. The molecule has 0 bridgehead atoms. The average Bonchev–Trinajstić information content (AvgIpc) is 2.87. The number of benzene rings is 1. The standard InChI is InChI=1S/C15H16ClF2N3O2S/c1-15(2,3)8-4-5-10(9(16)6-8)21-13(12(17)18)19-20-14(21)24-7-11(22)23/h4-6,12H,7H2,1-3H3,(H,22,23). The summed E-state index contributed by atoms with van der Waals surface area (Å²) >= 11 is 7.10. The number of aliphatic carboxylic acids is 1. The van der Waals surface area contributed by atoms with Gasteiger partial charge in [-0.05, 0) is 23.1 Å². The van der Waals surface area contributed by atoms with E-state index in [1.165, 1.54) is 0 Å². The Labute approximate surface area is 147 Å². The molecule has 0 atom stereocenters. The molecule has 9 heteroatoms. The zero-order valence-corrected chi connectivity index (χ0v) is 14.8. The van der Waals surface area contributed by atoms with Gasteiger partial charge < -0.3 is 5.11 Å². The molecule has 0 aliphatic rings. The molecule has 0 aliphatic carbocycles. The number of thioether (sulfide) groups is 1. The highest BCUT2D eigenvalue weighted by Crippen LogP contribution is 2.33. The van der Waals surface area contributed by atoms with Crippen molar-refractivity contribution in [2.75, 3.05) is 5.75 Å². The van der Waals surface area contributed by atoms with Crippen molar-refractivity contribution in [3.63, 3.8) is 0 Å². The van der Waals surface area contributed by atoms with Crippen molar-refractivity contribution in [3.05, 3.63) is 34.6 Å². The first-order valence-electron chi connectivity index (χ1n) is 6.99. The fourth-order valence-corrected chi connectivity index (χ4v) is 2.96. The third-order valence-electron chi connectivity index (χ3n) is 3.23. The molecule has 0 saturated heterocycles. The van der Waals surface area contributed by atoms with E-state index in [0.717, 1.165) is 21.9 Å². The van der Waals surface area contributed by atoms with E-state index in [1.807, 2.05) is 20.8 Å². The normalized spacial score (nSPS) is 12.0. The van der Waals surface area contributed by atoms with Crippen molar-refractivity contribution in [1.29, 1.82) is 0 Å². The van der Waals surface area contributed by atoms with E-state index in [1.54, 1.807) is 18.2 Å². The molecule has 1 aromatic carbocycles. The predicted octanol–water partition coefficient (Wildman–Crippen LogP) is 4.33. The molecule has 5 nitrogen and oxygen atoms in total. The van der Waals surface area contributed by atoms with Gasteiger partial charge in [0.05, 0.1) is 16.5 Å². The highest BCUT2D eigenvalue weighted by Gasteiger charge is 2.24. The molecular formula is C15H16ClF2N3O2S. The first kappa shape index (κ1) is 18.7. The molecule has 0 saturated carbocycles. The summed E-state index contributed by atoms with van der Waals surface area (Å²) in [5, 5.41) is 16.2. The van der Waals surface area contributed by atoms with Crippen LogP contribution in [0.15, 0.2) is 23.4 Å². The number of hydrogen-bond donors (Lipinski definition) is 1. The van der Waals surface area contributed by atoms with Gasteiger partial charge in [-0.15, -0.1) is 10.2 Å². The van der Waals surface area contributed by atoms with Gasteiger partial charge in [-0.3, -0.25) is 9.36 Å². The van der Waals surface area contributed by atoms with E-state index in [9.17, 15) is 13.6 Å². The second-order valence-corrected chi connectivity index (χ2v) is 7.43. The van der Waals surface area contributed by atoms with E-state index < -0.39 is 18.2 Å². The minimum atomic E-state index is -2.87. The number of alkyl halides is 2. The minimum Gasteiger partial charge on any atom is -0.481 e. The van der Waals surface area contributed by atoms with E-state index in [0.29, 0.717) is 0 Å². The van der Waals surface area contributed by atoms with Crippen LogP contribution in [-0.4, -0.2) is 31.6 Å². The van der Waals surface area contributed by atoms with E-state index >= 15 is 0 Å². The number of aromatic nitrogens is 3. The summed E-state index contributed by atoms with van der Waals surface area (Å²) in [6.45, 7) is 6.03. The fourth-order valence-electron chi connectivity index (χ4n) is 2.02. The summed E-state index contributed by atoms with van der Waals surface area (Å²) in [7, 11) is 0. The van der Waals surface area contributed by atoms with E-state index in [-0.39, 0.29) is 27.0 Å². The quantitative estimate of drug-likeness (QED) is 0.787. The van der Waals surface area contributed by atoms with Crippen LogP contribution in [0.3, 0.4) is 0 Å². The Bertz CT molecular complexity index is 760. The summed E-state index contributed by atoms with van der Waals surface area (Å²) in [4.78, 5) is 10.7. The lowest BCUT2D eigenvalue weighted by Gasteiger charge is -2.20. The number of carboxylic acid groups (broad SMARTS) is 1. The number of hydrogen-bond acceptors (Lipinski definition) is 4. The van der Waals surface area contributed by atoms with Gasteiger partial charge in [-0.25, -0.2) is 8.78 Å². The number of carbonyl (C=O) groups is 1. The lowest BCUT2D eigenvalue weighted by molar-refractivity contribution is -0.133. The van der Waals surface area contributed by atoms with E-state index in [2.05, 4.69) is 10.2 Å². The van der Waals surface area contributed by atoms with E-state index in [4.69, 9.17) is 16.7 Å². The number of rotatable bonds is 5. The van der Waals surface area contributed by atoms with Crippen molar-refractivity contribution in [2.45, 2.75) is 37.8 Å². The molecule has 2 aromatic rings. The van der Waals surface area contributed by atoms with Crippen molar-refractivity contribution in [3.8, 4) is 5.69 Å². The lowest BCUT2D eigenvalue weighted by Crippen LogP contribution is -2.12. The summed E-state index contributed by atoms with van der Waals surface area (Å²) in [6.07, 6.45) is -2.87. The molecule has 2 rings (SSSR count). The molecule has 1 N–H and O–H groups in total. The van der Waals surface area contributed by atoms with Crippen molar-refractivity contribution in [1.82, 2.24) is 14.8 Å². The Morgan fingerprint density at radius 2 is 2.04 bits per heavy atom. The second-order valence-electron chi connectivity index (χ2n) is 6.08. The van der Waals surface area contributed by atoms with Crippen LogP contribution in [0, 0.1) is 0 Å². The molecule has 130 valence electrons. The first-order valence-corrected chi connectivity index (χ1v) is 8.36. The molecule has 0 aliphatic heterocycles. The number of nitrogens with zero attached hydrogens (tertiary/aromatic N) is 3. The van der Waals surface area contributed by atoms with Crippen LogP contribution >= 0.6 is 23.4 Å². The molecule has 0 radical (unpaired) electrons. The zero-order valence-electron chi connectivity index (χ0n) is 13.3. The van der Waals surface area contributed by atoms with Gasteiger partial charge in [0, 0.05) is 0 Å². The van der Waals surface area contributed by atoms with Crippen LogP contribution in [0.2, 0.25) is 5.02 Å². The minimum absolute atomic E-state index is 0.0538.